The van der Waals surface area contributed by atoms with Gasteiger partial charge < -0.3 is 15.0 Å². The van der Waals surface area contributed by atoms with Crippen molar-refractivity contribution in [2.24, 2.45) is 0 Å². The Kier molecular flexibility index (Phi) is 4.40. The van der Waals surface area contributed by atoms with Crippen molar-refractivity contribution in [1.82, 2.24) is 24.8 Å². The highest BCUT2D eigenvalue weighted by Gasteiger charge is 2.36. The smallest absolute Gasteiger partial charge is 0.258 e. The molecule has 3 aliphatic rings. The molecule has 160 valence electrons. The van der Waals surface area contributed by atoms with E-state index in [4.69, 9.17) is 16.3 Å². The molecule has 1 amide bonds. The number of aromatic nitrogens is 3. The lowest BCUT2D eigenvalue weighted by Crippen LogP contribution is -2.42. The second-order valence-corrected chi connectivity index (χ2v) is 9.05. The van der Waals surface area contributed by atoms with Crippen LogP contribution in [0.1, 0.15) is 47.3 Å². The van der Waals surface area contributed by atoms with Crippen LogP contribution in [0.5, 0.6) is 5.75 Å². The minimum atomic E-state index is -0.410. The van der Waals surface area contributed by atoms with Crippen LogP contribution in [-0.4, -0.2) is 43.6 Å². The van der Waals surface area contributed by atoms with Crippen molar-refractivity contribution in [2.75, 3.05) is 0 Å². The number of halogens is 2. The van der Waals surface area contributed by atoms with E-state index in [1.807, 2.05) is 0 Å². The number of amides is 1. The lowest BCUT2D eigenvalue weighted by molar-refractivity contribution is 0.0737. The van der Waals surface area contributed by atoms with Crippen molar-refractivity contribution < 1.29 is 13.9 Å². The van der Waals surface area contributed by atoms with E-state index in [-0.39, 0.29) is 12.0 Å². The molecular formula is C22H21ClFN5O2. The Balaban J connectivity index is 1.25. The summed E-state index contributed by atoms with van der Waals surface area (Å²) < 4.78 is 21.9. The van der Waals surface area contributed by atoms with E-state index in [1.54, 1.807) is 21.8 Å². The van der Waals surface area contributed by atoms with Gasteiger partial charge >= 0.3 is 0 Å². The zero-order chi connectivity index (χ0) is 21.1. The molecule has 3 aromatic rings. The molecule has 2 saturated heterocycles. The molecule has 2 bridgehead atoms. The van der Waals surface area contributed by atoms with Crippen LogP contribution >= 0.6 is 11.6 Å². The molecule has 9 heteroatoms. The molecule has 3 aliphatic heterocycles. The lowest BCUT2D eigenvalue weighted by atomic mass is 10.0. The highest BCUT2D eigenvalue weighted by Crippen LogP contribution is 2.33. The first kappa shape index (κ1) is 19.0. The van der Waals surface area contributed by atoms with Gasteiger partial charge in [0, 0.05) is 29.9 Å². The number of nitrogens with one attached hydrogen (secondary N) is 1. The van der Waals surface area contributed by atoms with Crippen LogP contribution in [0.25, 0.3) is 5.65 Å². The fourth-order valence-corrected chi connectivity index (χ4v) is 5.23. The van der Waals surface area contributed by atoms with Gasteiger partial charge in [-0.1, -0.05) is 11.6 Å². The molecule has 2 atom stereocenters. The van der Waals surface area contributed by atoms with Crippen LogP contribution in [0, 0.1) is 5.82 Å². The first-order chi connectivity index (χ1) is 15.0. The quantitative estimate of drug-likeness (QED) is 0.675. The van der Waals surface area contributed by atoms with E-state index < -0.39 is 5.82 Å². The van der Waals surface area contributed by atoms with E-state index >= 15 is 0 Å². The fraction of sp³-hybridized carbons (Fsp3) is 0.409. The summed E-state index contributed by atoms with van der Waals surface area (Å²) in [5.74, 6) is -0.288. The van der Waals surface area contributed by atoms with Crippen LogP contribution in [0.4, 0.5) is 4.39 Å². The van der Waals surface area contributed by atoms with Crippen molar-refractivity contribution in [1.29, 1.82) is 0 Å². The number of hydrogen-bond donors (Lipinski definition) is 1. The van der Waals surface area contributed by atoms with Gasteiger partial charge in [-0.3, -0.25) is 4.79 Å². The average molecular weight is 442 g/mol. The van der Waals surface area contributed by atoms with E-state index in [9.17, 15) is 9.18 Å². The predicted molar refractivity (Wildman–Crippen MR) is 112 cm³/mol. The number of piperidine rings is 1. The molecule has 31 heavy (non-hydrogen) atoms. The fourth-order valence-electron chi connectivity index (χ4n) is 5.09. The summed E-state index contributed by atoms with van der Waals surface area (Å²) in [5.41, 5.74) is 2.77. The molecule has 2 aromatic heterocycles. The maximum atomic E-state index is 14.0. The highest BCUT2D eigenvalue weighted by atomic mass is 35.5. The SMILES string of the molecule is O=C(c1ccc(F)cc1OC1CC2CCC(C1)N2)N1Cc2nn3cc(Cl)cnc3c2C1. The minimum Gasteiger partial charge on any atom is -0.489 e. The van der Waals surface area contributed by atoms with E-state index in [2.05, 4.69) is 15.4 Å². The van der Waals surface area contributed by atoms with Gasteiger partial charge in [-0.25, -0.2) is 13.9 Å². The molecule has 0 spiro atoms. The lowest BCUT2D eigenvalue weighted by Gasteiger charge is -2.30. The maximum Gasteiger partial charge on any atom is 0.258 e. The molecule has 6 rings (SSSR count). The number of benzene rings is 1. The highest BCUT2D eigenvalue weighted by molar-refractivity contribution is 6.30. The number of rotatable bonds is 3. The van der Waals surface area contributed by atoms with Crippen LogP contribution in [0.2, 0.25) is 5.02 Å². The third-order valence-electron chi connectivity index (χ3n) is 6.49. The summed E-state index contributed by atoms with van der Waals surface area (Å²) in [6.45, 7) is 0.754. The molecule has 2 unspecified atom stereocenters. The van der Waals surface area contributed by atoms with Crippen LogP contribution in [-0.2, 0) is 13.1 Å². The molecule has 7 nitrogen and oxygen atoms in total. The largest absolute Gasteiger partial charge is 0.489 e. The van der Waals surface area contributed by atoms with Gasteiger partial charge in [0.2, 0.25) is 0 Å². The summed E-state index contributed by atoms with van der Waals surface area (Å²) in [7, 11) is 0. The Morgan fingerprint density at radius 3 is 2.84 bits per heavy atom. The molecule has 1 N–H and O–H groups in total. The van der Waals surface area contributed by atoms with Gasteiger partial charge in [0.15, 0.2) is 5.65 Å². The zero-order valence-corrected chi connectivity index (χ0v) is 17.5. The summed E-state index contributed by atoms with van der Waals surface area (Å²) >= 11 is 6.00. The number of nitrogens with zero attached hydrogens (tertiary/aromatic N) is 4. The number of carbonyl (C=O) groups excluding carboxylic acids is 1. The third-order valence-corrected chi connectivity index (χ3v) is 6.69. The second kappa shape index (κ2) is 7.17. The first-order valence-corrected chi connectivity index (χ1v) is 10.9. The first-order valence-electron chi connectivity index (χ1n) is 10.6. The van der Waals surface area contributed by atoms with E-state index in [0.717, 1.165) is 36.9 Å². The Bertz CT molecular complexity index is 1190. The molecule has 5 heterocycles. The Morgan fingerprint density at radius 1 is 1.23 bits per heavy atom. The van der Waals surface area contributed by atoms with Crippen LogP contribution in [0.15, 0.2) is 30.6 Å². The van der Waals surface area contributed by atoms with Crippen molar-refractivity contribution in [3.63, 3.8) is 0 Å². The Morgan fingerprint density at radius 2 is 2.03 bits per heavy atom. The topological polar surface area (TPSA) is 71.8 Å². The molecule has 0 radical (unpaired) electrons. The van der Waals surface area contributed by atoms with Crippen molar-refractivity contribution in [3.05, 3.63) is 58.3 Å². The maximum absolute atomic E-state index is 14.0. The summed E-state index contributed by atoms with van der Waals surface area (Å²) in [6.07, 6.45) is 7.30. The third kappa shape index (κ3) is 3.34. The average Bonchev–Trinajstić information content (AvgIpc) is 3.39. The summed E-state index contributed by atoms with van der Waals surface area (Å²) in [6, 6.07) is 5.05. The predicted octanol–water partition coefficient (Wildman–Crippen LogP) is 3.34. The van der Waals surface area contributed by atoms with Crippen LogP contribution < -0.4 is 10.1 Å². The number of carbonyl (C=O) groups is 1. The number of ether oxygens (including phenoxy) is 1. The van der Waals surface area contributed by atoms with Crippen molar-refractivity contribution >= 4 is 23.2 Å². The monoisotopic (exact) mass is 441 g/mol. The van der Waals surface area contributed by atoms with E-state index in [0.29, 0.717) is 47.2 Å². The second-order valence-electron chi connectivity index (χ2n) is 8.62. The number of hydrogen-bond acceptors (Lipinski definition) is 5. The molecule has 0 saturated carbocycles. The van der Waals surface area contributed by atoms with Gasteiger partial charge in [-0.05, 0) is 37.8 Å². The van der Waals surface area contributed by atoms with Gasteiger partial charge in [-0.15, -0.1) is 0 Å². The van der Waals surface area contributed by atoms with E-state index in [1.165, 1.54) is 18.2 Å². The molecule has 2 fully saturated rings. The standard InChI is InChI=1S/C22H21ClFN5O2/c23-12-8-25-21-18-10-28(11-19(18)27-29(21)9-12)22(30)17-4-1-13(24)5-20(17)31-16-6-14-2-3-15(7-16)26-14/h1,4-5,8-9,14-16,26H,2-3,6-7,10-11H2. The van der Waals surface area contributed by atoms with Crippen molar-refractivity contribution in [2.45, 2.75) is 57.0 Å². The summed E-state index contributed by atoms with van der Waals surface area (Å²) in [5, 5.41) is 8.59. The molecule has 0 aliphatic carbocycles. The molecule has 1 aromatic carbocycles. The van der Waals surface area contributed by atoms with Gasteiger partial charge in [-0.2, -0.15) is 5.10 Å². The minimum absolute atomic E-state index is 0.0129. The zero-order valence-electron chi connectivity index (χ0n) is 16.7. The molecular weight excluding hydrogens is 421 g/mol. The van der Waals surface area contributed by atoms with Gasteiger partial charge in [0.25, 0.3) is 5.91 Å². The number of fused-ring (bicyclic) bond motifs is 5. The normalized spacial score (nSPS) is 24.6. The Labute approximate surface area is 183 Å². The summed E-state index contributed by atoms with van der Waals surface area (Å²) in [4.78, 5) is 19.4. The van der Waals surface area contributed by atoms with Crippen LogP contribution in [0.3, 0.4) is 0 Å². The van der Waals surface area contributed by atoms with Crippen molar-refractivity contribution in [3.8, 4) is 5.75 Å². The Hall–Kier alpha value is -2.71. The van der Waals surface area contributed by atoms with Gasteiger partial charge in [0.1, 0.15) is 17.7 Å². The van der Waals surface area contributed by atoms with Gasteiger partial charge in [0.05, 0.1) is 35.6 Å².